The molecule has 2 fully saturated rings. The molecule has 0 unspecified atom stereocenters. The van der Waals surface area contributed by atoms with Crippen molar-refractivity contribution in [3.05, 3.63) is 36.5 Å². The van der Waals surface area contributed by atoms with E-state index in [2.05, 4.69) is 58.2 Å². The van der Waals surface area contributed by atoms with E-state index in [0.29, 0.717) is 0 Å². The molecule has 4 rings (SSSR count). The number of hydrogen-bond donors (Lipinski definition) is 1. The maximum Gasteiger partial charge on any atom is 0.227 e. The third kappa shape index (κ3) is 4.52. The summed E-state index contributed by atoms with van der Waals surface area (Å²) in [5.74, 6) is 3.37. The molecule has 1 aromatic carbocycles. The second-order valence-electron chi connectivity index (χ2n) is 8.25. The molecule has 5 nitrogen and oxygen atoms in total. The molecule has 0 bridgehead atoms. The molecule has 0 amide bonds. The summed E-state index contributed by atoms with van der Waals surface area (Å²) >= 11 is 0. The third-order valence-electron chi connectivity index (χ3n) is 6.00. The highest BCUT2D eigenvalue weighted by Gasteiger charge is 2.18. The predicted molar refractivity (Wildman–Crippen MR) is 113 cm³/mol. The SMILES string of the molecule is CC1CCN(c2ccc(Nc3ccnc(N4CCC(C)CC4)n3)cc2)CC1. The van der Waals surface area contributed by atoms with Gasteiger partial charge in [0.1, 0.15) is 5.82 Å². The van der Waals surface area contributed by atoms with Gasteiger partial charge in [-0.2, -0.15) is 4.98 Å². The molecule has 2 aromatic rings. The van der Waals surface area contributed by atoms with Crippen LogP contribution in [0.15, 0.2) is 36.5 Å². The number of piperidine rings is 2. The van der Waals surface area contributed by atoms with Crippen LogP contribution in [0.2, 0.25) is 0 Å². The number of hydrogen-bond acceptors (Lipinski definition) is 5. The first-order chi connectivity index (χ1) is 13.2. The van der Waals surface area contributed by atoms with Crippen LogP contribution >= 0.6 is 0 Å². The lowest BCUT2D eigenvalue weighted by Gasteiger charge is -2.32. The molecule has 0 radical (unpaired) electrons. The van der Waals surface area contributed by atoms with Gasteiger partial charge in [-0.25, -0.2) is 4.98 Å². The minimum Gasteiger partial charge on any atom is -0.372 e. The largest absolute Gasteiger partial charge is 0.372 e. The van der Waals surface area contributed by atoms with Gasteiger partial charge in [0, 0.05) is 43.8 Å². The number of nitrogens with one attached hydrogen (secondary N) is 1. The third-order valence-corrected chi connectivity index (χ3v) is 6.00. The Hall–Kier alpha value is -2.30. The summed E-state index contributed by atoms with van der Waals surface area (Å²) in [6.07, 6.45) is 6.87. The van der Waals surface area contributed by atoms with Gasteiger partial charge in [0.15, 0.2) is 0 Å². The number of rotatable bonds is 4. The first-order valence-electron chi connectivity index (χ1n) is 10.4. The van der Waals surface area contributed by atoms with Crippen LogP contribution < -0.4 is 15.1 Å². The van der Waals surface area contributed by atoms with Gasteiger partial charge in [-0.05, 0) is 67.9 Å². The van der Waals surface area contributed by atoms with Gasteiger partial charge in [0.2, 0.25) is 5.95 Å². The van der Waals surface area contributed by atoms with Crippen molar-refractivity contribution in [3.8, 4) is 0 Å². The number of nitrogens with zero attached hydrogens (tertiary/aromatic N) is 4. The van der Waals surface area contributed by atoms with E-state index in [1.165, 1.54) is 31.4 Å². The molecule has 0 aliphatic carbocycles. The molecule has 1 N–H and O–H groups in total. The van der Waals surface area contributed by atoms with Gasteiger partial charge in [-0.3, -0.25) is 0 Å². The van der Waals surface area contributed by atoms with Crippen LogP contribution in [0.25, 0.3) is 0 Å². The van der Waals surface area contributed by atoms with Crippen LogP contribution in [0.4, 0.5) is 23.1 Å². The van der Waals surface area contributed by atoms with E-state index >= 15 is 0 Å². The minimum atomic E-state index is 0.809. The highest BCUT2D eigenvalue weighted by Crippen LogP contribution is 2.26. The highest BCUT2D eigenvalue weighted by molar-refractivity contribution is 5.61. The molecule has 2 aliphatic heterocycles. The fourth-order valence-corrected chi connectivity index (χ4v) is 3.95. The Morgan fingerprint density at radius 2 is 1.41 bits per heavy atom. The Labute approximate surface area is 162 Å². The van der Waals surface area contributed by atoms with E-state index in [9.17, 15) is 0 Å². The van der Waals surface area contributed by atoms with Crippen LogP contribution in [0.5, 0.6) is 0 Å². The van der Waals surface area contributed by atoms with Gasteiger partial charge < -0.3 is 15.1 Å². The number of anilines is 4. The molecule has 0 saturated carbocycles. The normalized spacial score (nSPS) is 19.3. The summed E-state index contributed by atoms with van der Waals surface area (Å²) in [4.78, 5) is 14.0. The topological polar surface area (TPSA) is 44.3 Å². The van der Waals surface area contributed by atoms with E-state index in [1.54, 1.807) is 0 Å². The lowest BCUT2D eigenvalue weighted by molar-refractivity contribution is 0.434. The lowest BCUT2D eigenvalue weighted by Crippen LogP contribution is -2.34. The van der Waals surface area contributed by atoms with E-state index in [1.807, 2.05) is 12.3 Å². The van der Waals surface area contributed by atoms with Crippen molar-refractivity contribution in [1.82, 2.24) is 9.97 Å². The molecule has 0 atom stereocenters. The van der Waals surface area contributed by atoms with Gasteiger partial charge >= 0.3 is 0 Å². The Balaban J connectivity index is 1.39. The van der Waals surface area contributed by atoms with Crippen molar-refractivity contribution in [2.24, 2.45) is 11.8 Å². The van der Waals surface area contributed by atoms with E-state index in [0.717, 1.165) is 55.5 Å². The van der Waals surface area contributed by atoms with Crippen molar-refractivity contribution in [2.75, 3.05) is 41.3 Å². The van der Waals surface area contributed by atoms with Gasteiger partial charge in [-0.15, -0.1) is 0 Å². The second kappa shape index (κ2) is 8.15. The second-order valence-corrected chi connectivity index (χ2v) is 8.25. The van der Waals surface area contributed by atoms with Crippen LogP contribution in [0.3, 0.4) is 0 Å². The molecule has 27 heavy (non-hydrogen) atoms. The molecule has 5 heteroatoms. The van der Waals surface area contributed by atoms with Gasteiger partial charge in [0.05, 0.1) is 0 Å². The molecule has 3 heterocycles. The lowest BCUT2D eigenvalue weighted by atomic mass is 9.99. The van der Waals surface area contributed by atoms with Gasteiger partial charge in [-0.1, -0.05) is 13.8 Å². The van der Waals surface area contributed by atoms with Crippen molar-refractivity contribution in [3.63, 3.8) is 0 Å². The van der Waals surface area contributed by atoms with Crippen molar-refractivity contribution < 1.29 is 0 Å². The smallest absolute Gasteiger partial charge is 0.227 e. The van der Waals surface area contributed by atoms with Crippen LogP contribution in [-0.4, -0.2) is 36.1 Å². The molecule has 2 aliphatic rings. The summed E-state index contributed by atoms with van der Waals surface area (Å²) in [6, 6.07) is 10.7. The van der Waals surface area contributed by atoms with E-state index in [-0.39, 0.29) is 0 Å². The average Bonchev–Trinajstić information content (AvgIpc) is 2.70. The summed E-state index contributed by atoms with van der Waals surface area (Å²) < 4.78 is 0. The Morgan fingerprint density at radius 1 is 0.815 bits per heavy atom. The van der Waals surface area contributed by atoms with E-state index in [4.69, 9.17) is 4.98 Å². The Morgan fingerprint density at radius 3 is 2.04 bits per heavy atom. The molecule has 144 valence electrons. The summed E-state index contributed by atoms with van der Waals surface area (Å²) in [5.41, 5.74) is 2.39. The summed E-state index contributed by atoms with van der Waals surface area (Å²) in [6.45, 7) is 9.10. The number of aromatic nitrogens is 2. The first-order valence-corrected chi connectivity index (χ1v) is 10.4. The van der Waals surface area contributed by atoms with Crippen LogP contribution in [-0.2, 0) is 0 Å². The maximum atomic E-state index is 4.73. The molecular formula is C22H31N5. The zero-order valence-corrected chi connectivity index (χ0v) is 16.6. The van der Waals surface area contributed by atoms with Crippen LogP contribution in [0.1, 0.15) is 39.5 Å². The zero-order valence-electron chi connectivity index (χ0n) is 16.6. The molecule has 0 spiro atoms. The Bertz CT molecular complexity index is 729. The monoisotopic (exact) mass is 365 g/mol. The minimum absolute atomic E-state index is 0.809. The number of benzene rings is 1. The fourth-order valence-electron chi connectivity index (χ4n) is 3.95. The average molecular weight is 366 g/mol. The molecule has 2 saturated heterocycles. The standard InChI is InChI=1S/C22H31N5/c1-17-8-13-26(14-9-17)20-5-3-19(4-6-20)24-21-7-12-23-22(25-21)27-15-10-18(2)11-16-27/h3-7,12,17-18H,8-11,13-16H2,1-2H3,(H,23,24,25). The van der Waals surface area contributed by atoms with Crippen molar-refractivity contribution in [2.45, 2.75) is 39.5 Å². The van der Waals surface area contributed by atoms with E-state index < -0.39 is 0 Å². The Kier molecular flexibility index (Phi) is 5.46. The van der Waals surface area contributed by atoms with Crippen molar-refractivity contribution >= 4 is 23.1 Å². The fraction of sp³-hybridized carbons (Fsp3) is 0.545. The maximum absolute atomic E-state index is 4.73. The van der Waals surface area contributed by atoms with Gasteiger partial charge in [0.25, 0.3) is 0 Å². The first kappa shape index (κ1) is 18.1. The van der Waals surface area contributed by atoms with Crippen molar-refractivity contribution in [1.29, 1.82) is 0 Å². The molecular weight excluding hydrogens is 334 g/mol. The molecule has 1 aromatic heterocycles. The predicted octanol–water partition coefficient (Wildman–Crippen LogP) is 4.69. The zero-order chi connectivity index (χ0) is 18.6. The summed E-state index contributed by atoms with van der Waals surface area (Å²) in [5, 5.41) is 3.43. The quantitative estimate of drug-likeness (QED) is 0.851. The highest BCUT2D eigenvalue weighted by atomic mass is 15.3. The van der Waals surface area contributed by atoms with Crippen LogP contribution in [0, 0.1) is 11.8 Å². The summed E-state index contributed by atoms with van der Waals surface area (Å²) in [7, 11) is 0.